The minimum absolute atomic E-state index is 0.0137. The van der Waals surface area contributed by atoms with Crippen LogP contribution in [-0.2, 0) is 21.2 Å². The van der Waals surface area contributed by atoms with E-state index in [-0.39, 0.29) is 15.8 Å². The van der Waals surface area contributed by atoms with Crippen LogP contribution in [-0.4, -0.2) is 25.2 Å². The van der Waals surface area contributed by atoms with Crippen LogP contribution in [0.1, 0.15) is 12.5 Å². The molecule has 1 aromatic carbocycles. The Bertz CT molecular complexity index is 670. The summed E-state index contributed by atoms with van der Waals surface area (Å²) in [5, 5.41) is 3.05. The second-order valence-electron chi connectivity index (χ2n) is 4.04. The van der Waals surface area contributed by atoms with Gasteiger partial charge < -0.3 is 5.32 Å². The number of amidine groups is 1. The number of carbonyl (C=O) groups excluding carboxylic acids is 1. The number of fused-ring (bicyclic) bond motifs is 1. The Hall–Kier alpha value is -1.58. The van der Waals surface area contributed by atoms with Gasteiger partial charge in [-0.05, 0) is 24.1 Å². The van der Waals surface area contributed by atoms with Crippen LogP contribution in [0.4, 0.5) is 5.69 Å². The highest BCUT2D eigenvalue weighted by atomic mass is 32.2. The fourth-order valence-corrected chi connectivity index (χ4v) is 3.74. The molecule has 0 saturated carbocycles. The predicted octanol–water partition coefficient (Wildman–Crippen LogP) is 0.442. The van der Waals surface area contributed by atoms with Crippen molar-refractivity contribution in [1.29, 1.82) is 0 Å². The van der Waals surface area contributed by atoms with E-state index in [1.54, 1.807) is 12.1 Å². The van der Waals surface area contributed by atoms with Crippen molar-refractivity contribution in [1.82, 2.24) is 5.43 Å². The van der Waals surface area contributed by atoms with Crippen LogP contribution >= 0.6 is 11.8 Å². The zero-order valence-electron chi connectivity index (χ0n) is 10.7. The van der Waals surface area contributed by atoms with E-state index < -0.39 is 15.9 Å². The van der Waals surface area contributed by atoms with Crippen molar-refractivity contribution in [3.8, 4) is 0 Å². The zero-order valence-corrected chi connectivity index (χ0v) is 12.3. The molecule has 1 aromatic rings. The van der Waals surface area contributed by atoms with Crippen LogP contribution in [0, 0.1) is 0 Å². The summed E-state index contributed by atoms with van der Waals surface area (Å²) in [6.07, 6.45) is 0.741. The van der Waals surface area contributed by atoms with Gasteiger partial charge in [0.1, 0.15) is 4.90 Å². The minimum Gasteiger partial charge on any atom is -0.333 e. The first kappa shape index (κ1) is 14.8. The lowest BCUT2D eigenvalue weighted by Gasteiger charge is -2.18. The van der Waals surface area contributed by atoms with Gasteiger partial charge in [-0.25, -0.2) is 5.84 Å². The number of benzene rings is 1. The number of sulfonamides is 1. The Morgan fingerprint density at radius 3 is 2.90 bits per heavy atom. The molecule has 0 saturated heterocycles. The van der Waals surface area contributed by atoms with E-state index >= 15 is 0 Å². The summed E-state index contributed by atoms with van der Waals surface area (Å²) in [5.41, 5.74) is 3.35. The molecule has 1 aliphatic rings. The van der Waals surface area contributed by atoms with Crippen LogP contribution in [0.15, 0.2) is 27.5 Å². The van der Waals surface area contributed by atoms with E-state index in [2.05, 4.69) is 9.71 Å². The van der Waals surface area contributed by atoms with E-state index in [0.717, 1.165) is 23.7 Å². The third kappa shape index (κ3) is 3.11. The van der Waals surface area contributed by atoms with Crippen molar-refractivity contribution >= 4 is 38.5 Å². The molecular formula is C11H14N4O3S2. The second-order valence-corrected chi connectivity index (χ2v) is 6.57. The van der Waals surface area contributed by atoms with Crippen LogP contribution in [0.3, 0.4) is 0 Å². The molecule has 0 aliphatic carbocycles. The minimum atomic E-state index is -3.74. The summed E-state index contributed by atoms with van der Waals surface area (Å²) in [6.45, 7) is 1.95. The molecule has 9 heteroatoms. The van der Waals surface area contributed by atoms with Crippen LogP contribution in [0.25, 0.3) is 0 Å². The molecule has 7 nitrogen and oxygen atoms in total. The third-order valence-corrected chi connectivity index (χ3v) is 4.98. The van der Waals surface area contributed by atoms with E-state index in [9.17, 15) is 13.2 Å². The van der Waals surface area contributed by atoms with Crippen LogP contribution < -0.4 is 16.6 Å². The van der Waals surface area contributed by atoms with E-state index in [1.807, 2.05) is 18.4 Å². The van der Waals surface area contributed by atoms with Crippen LogP contribution in [0.5, 0.6) is 0 Å². The highest BCUT2D eigenvalue weighted by Gasteiger charge is 2.25. The number of aryl methyl sites for hydroxylation is 1. The lowest BCUT2D eigenvalue weighted by atomic mass is 10.1. The third-order valence-electron chi connectivity index (χ3n) is 2.68. The molecule has 0 atom stereocenters. The summed E-state index contributed by atoms with van der Waals surface area (Å²) in [4.78, 5) is 11.2. The monoisotopic (exact) mass is 314 g/mol. The van der Waals surface area contributed by atoms with Crippen molar-refractivity contribution in [2.24, 2.45) is 10.2 Å². The Balaban J connectivity index is 2.27. The molecule has 2 rings (SSSR count). The first-order valence-electron chi connectivity index (χ1n) is 5.83. The molecule has 1 amide bonds. The van der Waals surface area contributed by atoms with Gasteiger partial charge in [-0.2, -0.15) is 8.42 Å². The molecular weight excluding hydrogens is 300 g/mol. The molecule has 108 valence electrons. The fraction of sp³-hybridized carbons (Fsp3) is 0.273. The summed E-state index contributed by atoms with van der Waals surface area (Å²) < 4.78 is 27.9. The Kier molecular flexibility index (Phi) is 4.31. The number of anilines is 1. The molecule has 0 radical (unpaired) electrons. The van der Waals surface area contributed by atoms with Gasteiger partial charge in [-0.1, -0.05) is 24.8 Å². The summed E-state index contributed by atoms with van der Waals surface area (Å²) in [5.74, 6) is 4.53. The molecule has 0 fully saturated rings. The maximum absolute atomic E-state index is 12.1. The Morgan fingerprint density at radius 1 is 1.50 bits per heavy atom. The van der Waals surface area contributed by atoms with E-state index in [0.29, 0.717) is 5.69 Å². The maximum atomic E-state index is 12.1. The number of rotatable bonds is 3. The van der Waals surface area contributed by atoms with E-state index in [4.69, 9.17) is 5.84 Å². The summed E-state index contributed by atoms with van der Waals surface area (Å²) >= 11 is 0.974. The first-order chi connectivity index (χ1) is 9.46. The number of amides is 1. The average molecular weight is 314 g/mol. The highest BCUT2D eigenvalue weighted by molar-refractivity contribution is 8.15. The second kappa shape index (κ2) is 5.81. The van der Waals surface area contributed by atoms with Gasteiger partial charge in [-0.3, -0.25) is 10.2 Å². The summed E-state index contributed by atoms with van der Waals surface area (Å²) in [6, 6.07) is 5.15. The molecule has 1 heterocycles. The van der Waals surface area contributed by atoms with Gasteiger partial charge in [0.2, 0.25) is 5.91 Å². The molecule has 0 spiro atoms. The highest BCUT2D eigenvalue weighted by Crippen LogP contribution is 2.30. The number of nitrogens with one attached hydrogen (secondary N) is 2. The normalized spacial score (nSPS) is 15.8. The lowest BCUT2D eigenvalue weighted by molar-refractivity contribution is -0.118. The van der Waals surface area contributed by atoms with Crippen molar-refractivity contribution in [3.63, 3.8) is 0 Å². The maximum Gasteiger partial charge on any atom is 0.286 e. The Morgan fingerprint density at radius 2 is 2.25 bits per heavy atom. The van der Waals surface area contributed by atoms with Crippen molar-refractivity contribution < 1.29 is 13.2 Å². The van der Waals surface area contributed by atoms with Gasteiger partial charge >= 0.3 is 0 Å². The number of nitrogens with zero attached hydrogens (tertiary/aromatic N) is 1. The molecule has 0 aromatic heterocycles. The van der Waals surface area contributed by atoms with Gasteiger partial charge in [0, 0.05) is 0 Å². The molecule has 20 heavy (non-hydrogen) atoms. The standard InChI is InChI=1S/C11H14N4O3S2/c1-2-7-3-4-8-9(5-7)20(17,18)15-11(13-8)19-6-10(16)14-12/h3-5H,2,6,12H2,1H3,(H,13,15)(H,14,16). The fourth-order valence-electron chi connectivity index (χ4n) is 1.64. The zero-order chi connectivity index (χ0) is 14.8. The van der Waals surface area contributed by atoms with Gasteiger partial charge in [0.05, 0.1) is 11.4 Å². The molecule has 0 unspecified atom stereocenters. The predicted molar refractivity (Wildman–Crippen MR) is 78.9 cm³/mol. The lowest BCUT2D eigenvalue weighted by Crippen LogP contribution is -2.32. The molecule has 0 bridgehead atoms. The number of thioether (sulfide) groups is 1. The number of hydrazine groups is 1. The van der Waals surface area contributed by atoms with Crippen molar-refractivity contribution in [3.05, 3.63) is 23.8 Å². The molecule has 4 N–H and O–H groups in total. The Labute approximate surface area is 121 Å². The molecule has 1 aliphatic heterocycles. The average Bonchev–Trinajstić information content (AvgIpc) is 2.43. The van der Waals surface area contributed by atoms with Crippen LogP contribution in [0.2, 0.25) is 0 Å². The smallest absolute Gasteiger partial charge is 0.286 e. The number of carbonyl (C=O) groups is 1. The first-order valence-corrected chi connectivity index (χ1v) is 8.26. The number of hydrogen-bond donors (Lipinski definition) is 3. The van der Waals surface area contributed by atoms with Gasteiger partial charge in [0.15, 0.2) is 5.17 Å². The number of nitrogens with two attached hydrogens (primary N) is 1. The van der Waals surface area contributed by atoms with Crippen molar-refractivity contribution in [2.75, 3.05) is 11.1 Å². The van der Waals surface area contributed by atoms with Gasteiger partial charge in [-0.15, -0.1) is 4.40 Å². The SMILES string of the molecule is CCc1ccc2c(c1)S(=O)(=O)N=C(SCC(=O)NN)N2. The van der Waals surface area contributed by atoms with Crippen molar-refractivity contribution in [2.45, 2.75) is 18.2 Å². The van der Waals surface area contributed by atoms with Gasteiger partial charge in [0.25, 0.3) is 10.0 Å². The summed E-state index contributed by atoms with van der Waals surface area (Å²) in [7, 11) is -3.74. The number of hydrogen-bond acceptors (Lipinski definition) is 6. The largest absolute Gasteiger partial charge is 0.333 e. The quantitative estimate of drug-likeness (QED) is 0.424. The van der Waals surface area contributed by atoms with E-state index in [1.165, 1.54) is 0 Å². The topological polar surface area (TPSA) is 114 Å².